The Kier molecular flexibility index (Phi) is 9.61. The fourth-order valence-electron chi connectivity index (χ4n) is 3.51. The molecule has 1 aromatic rings. The minimum Gasteiger partial charge on any atom is -0.449 e. The van der Waals surface area contributed by atoms with E-state index in [0.29, 0.717) is 6.42 Å². The van der Waals surface area contributed by atoms with Crippen molar-refractivity contribution in [3.8, 4) is 0 Å². The van der Waals surface area contributed by atoms with Crippen LogP contribution in [-0.2, 0) is 9.53 Å². The monoisotopic (exact) mass is 430 g/mol. The average molecular weight is 431 g/mol. The molecule has 0 bridgehead atoms. The van der Waals surface area contributed by atoms with E-state index in [1.807, 2.05) is 30.3 Å². The van der Waals surface area contributed by atoms with E-state index in [-0.39, 0.29) is 12.1 Å². The van der Waals surface area contributed by atoms with Gasteiger partial charge in [0.1, 0.15) is 0 Å². The van der Waals surface area contributed by atoms with Crippen LogP contribution in [0.25, 0.3) is 0 Å². The number of unbranched alkanes of at least 4 members (excludes halogenated alkanes) is 6. The minimum atomic E-state index is -0.318. The number of alkyl halides is 1. The number of esters is 1. The molecule has 0 N–H and O–H groups in total. The Morgan fingerprint density at radius 3 is 2.52 bits per heavy atom. The smallest absolute Gasteiger partial charge is 0.335 e. The number of allylic oxidation sites excluding steroid dienone is 2. The normalized spacial score (nSPS) is 17.3. The molecule has 1 aromatic carbocycles. The van der Waals surface area contributed by atoms with Crippen LogP contribution in [0.1, 0.15) is 70.0 Å². The maximum atomic E-state index is 12.5. The summed E-state index contributed by atoms with van der Waals surface area (Å²) in [5, 5.41) is 0.721. The van der Waals surface area contributed by atoms with Crippen LogP contribution in [0, 0.1) is 0 Å². The number of hydrogen-bond acceptors (Lipinski definition) is 2. The molecule has 2 nitrogen and oxygen atoms in total. The fourth-order valence-corrected chi connectivity index (χ4v) is 4.04. The van der Waals surface area contributed by atoms with Gasteiger partial charge >= 0.3 is 5.97 Å². The minimum absolute atomic E-state index is 0.217. The molecule has 27 heavy (non-hydrogen) atoms. The van der Waals surface area contributed by atoms with Gasteiger partial charge in [0.05, 0.1) is 0 Å². The SMILES string of the molecule is C=CCC1=C(/C(=C/CCCCCCCC)CBr)C(c2ccccc2)OC1=O. The van der Waals surface area contributed by atoms with Crippen LogP contribution in [0.3, 0.4) is 0 Å². The van der Waals surface area contributed by atoms with E-state index < -0.39 is 0 Å². The molecular weight excluding hydrogens is 400 g/mol. The lowest BCUT2D eigenvalue weighted by molar-refractivity contribution is -0.140. The van der Waals surface area contributed by atoms with E-state index in [4.69, 9.17) is 4.74 Å². The van der Waals surface area contributed by atoms with E-state index in [0.717, 1.165) is 28.5 Å². The van der Waals surface area contributed by atoms with Crippen LogP contribution in [0.5, 0.6) is 0 Å². The zero-order valence-corrected chi connectivity index (χ0v) is 18.0. The van der Waals surface area contributed by atoms with Crippen LogP contribution < -0.4 is 0 Å². The van der Waals surface area contributed by atoms with Crippen LogP contribution >= 0.6 is 15.9 Å². The van der Waals surface area contributed by atoms with Gasteiger partial charge in [-0.15, -0.1) is 6.58 Å². The first-order valence-corrected chi connectivity index (χ1v) is 11.2. The first-order chi connectivity index (χ1) is 13.2. The van der Waals surface area contributed by atoms with E-state index in [1.54, 1.807) is 6.08 Å². The second-order valence-corrected chi connectivity index (χ2v) is 7.56. The lowest BCUT2D eigenvalue weighted by atomic mass is 9.91. The Morgan fingerprint density at radius 2 is 1.85 bits per heavy atom. The predicted octanol–water partition coefficient (Wildman–Crippen LogP) is 7.23. The number of halogens is 1. The van der Waals surface area contributed by atoms with Crippen molar-refractivity contribution in [2.75, 3.05) is 5.33 Å². The molecule has 0 amide bonds. The summed E-state index contributed by atoms with van der Waals surface area (Å²) in [6.45, 7) is 6.06. The topological polar surface area (TPSA) is 26.3 Å². The number of carbonyl (C=O) groups is 1. The van der Waals surface area contributed by atoms with Gasteiger partial charge in [-0.2, -0.15) is 0 Å². The summed E-state index contributed by atoms with van der Waals surface area (Å²) in [4.78, 5) is 12.5. The van der Waals surface area contributed by atoms with Crippen molar-refractivity contribution in [3.05, 3.63) is 71.3 Å². The molecule has 0 spiro atoms. The molecule has 0 radical (unpaired) electrons. The van der Waals surface area contributed by atoms with E-state index in [2.05, 4.69) is 35.5 Å². The Bertz CT molecular complexity index is 673. The highest BCUT2D eigenvalue weighted by atomic mass is 79.9. The molecule has 146 valence electrons. The third kappa shape index (κ3) is 6.21. The first-order valence-electron chi connectivity index (χ1n) is 10.1. The molecule has 0 saturated heterocycles. The maximum Gasteiger partial charge on any atom is 0.335 e. The zero-order chi connectivity index (χ0) is 19.5. The summed E-state index contributed by atoms with van der Waals surface area (Å²) in [5.74, 6) is -0.217. The van der Waals surface area contributed by atoms with Gasteiger partial charge in [-0.05, 0) is 30.4 Å². The Labute approximate surface area is 172 Å². The molecule has 3 heteroatoms. The van der Waals surface area contributed by atoms with Crippen molar-refractivity contribution in [3.63, 3.8) is 0 Å². The van der Waals surface area contributed by atoms with Crippen molar-refractivity contribution >= 4 is 21.9 Å². The molecule has 0 aromatic heterocycles. The second-order valence-electron chi connectivity index (χ2n) is 7.00. The molecular formula is C24H31BrO2. The van der Waals surface area contributed by atoms with Crippen molar-refractivity contribution < 1.29 is 9.53 Å². The van der Waals surface area contributed by atoms with Gasteiger partial charge in [0.15, 0.2) is 6.10 Å². The van der Waals surface area contributed by atoms with Gasteiger partial charge in [-0.1, -0.05) is 97.4 Å². The molecule has 0 fully saturated rings. The summed E-state index contributed by atoms with van der Waals surface area (Å²) in [7, 11) is 0. The lowest BCUT2D eigenvalue weighted by Crippen LogP contribution is -2.05. The highest BCUT2D eigenvalue weighted by molar-refractivity contribution is 9.09. The molecule has 1 heterocycles. The molecule has 0 saturated carbocycles. The van der Waals surface area contributed by atoms with Crippen molar-refractivity contribution in [1.29, 1.82) is 0 Å². The van der Waals surface area contributed by atoms with E-state index >= 15 is 0 Å². The lowest BCUT2D eigenvalue weighted by Gasteiger charge is -2.17. The third-order valence-corrected chi connectivity index (χ3v) is 5.55. The molecule has 1 atom stereocenters. The third-order valence-electron chi connectivity index (χ3n) is 4.95. The molecule has 1 unspecified atom stereocenters. The van der Waals surface area contributed by atoms with Gasteiger partial charge in [0.25, 0.3) is 0 Å². The Balaban J connectivity index is 2.17. The highest BCUT2D eigenvalue weighted by Gasteiger charge is 2.35. The summed E-state index contributed by atoms with van der Waals surface area (Å²) in [6, 6.07) is 10.00. The number of carbonyl (C=O) groups excluding carboxylic acids is 1. The molecule has 0 aliphatic carbocycles. The quantitative estimate of drug-likeness (QED) is 0.151. The van der Waals surface area contributed by atoms with Gasteiger partial charge in [-0.25, -0.2) is 4.79 Å². The van der Waals surface area contributed by atoms with Gasteiger partial charge in [0.2, 0.25) is 0 Å². The zero-order valence-electron chi connectivity index (χ0n) is 16.4. The maximum absolute atomic E-state index is 12.5. The first kappa shape index (κ1) is 21.7. The Morgan fingerprint density at radius 1 is 1.15 bits per heavy atom. The molecule has 2 rings (SSSR count). The number of benzene rings is 1. The van der Waals surface area contributed by atoms with E-state index in [1.165, 1.54) is 44.1 Å². The number of ether oxygens (including phenoxy) is 1. The molecule has 1 aliphatic rings. The van der Waals surface area contributed by atoms with Crippen LogP contribution in [0.15, 0.2) is 65.8 Å². The van der Waals surface area contributed by atoms with Crippen LogP contribution in [-0.4, -0.2) is 11.3 Å². The highest BCUT2D eigenvalue weighted by Crippen LogP contribution is 2.41. The van der Waals surface area contributed by atoms with Crippen molar-refractivity contribution in [2.45, 2.75) is 64.4 Å². The van der Waals surface area contributed by atoms with Gasteiger partial charge in [-0.3, -0.25) is 0 Å². The summed E-state index contributed by atoms with van der Waals surface area (Å²) >= 11 is 3.63. The largest absolute Gasteiger partial charge is 0.449 e. The van der Waals surface area contributed by atoms with Crippen LogP contribution in [0.2, 0.25) is 0 Å². The Hall–Kier alpha value is -1.61. The second kappa shape index (κ2) is 12.0. The van der Waals surface area contributed by atoms with Gasteiger partial charge in [0, 0.05) is 16.5 Å². The number of hydrogen-bond donors (Lipinski definition) is 0. The van der Waals surface area contributed by atoms with Crippen molar-refractivity contribution in [1.82, 2.24) is 0 Å². The number of rotatable bonds is 12. The van der Waals surface area contributed by atoms with Crippen LogP contribution in [0.4, 0.5) is 0 Å². The number of cyclic esters (lactones) is 1. The van der Waals surface area contributed by atoms with E-state index in [9.17, 15) is 4.79 Å². The standard InChI is InChI=1S/C24H31BrO2/c1-3-5-6-7-8-9-11-17-20(18-25)22-21(14-4-2)24(26)27-23(22)19-15-12-10-13-16-19/h4,10,12-13,15-17,23H,2-3,5-9,11,14,18H2,1H3/b20-17+. The van der Waals surface area contributed by atoms with Crippen molar-refractivity contribution in [2.24, 2.45) is 0 Å². The van der Waals surface area contributed by atoms with Gasteiger partial charge < -0.3 is 4.74 Å². The summed E-state index contributed by atoms with van der Waals surface area (Å²) in [5.41, 5.74) is 3.95. The fraction of sp³-hybridized carbons (Fsp3) is 0.458. The average Bonchev–Trinajstić information content (AvgIpc) is 3.01. The predicted molar refractivity (Wildman–Crippen MR) is 117 cm³/mol. The summed E-state index contributed by atoms with van der Waals surface area (Å²) in [6.07, 6.45) is 13.0. The molecule has 1 aliphatic heterocycles. The summed E-state index contributed by atoms with van der Waals surface area (Å²) < 4.78 is 5.76.